The van der Waals surface area contributed by atoms with Crippen molar-refractivity contribution in [3.8, 4) is 0 Å². The topological polar surface area (TPSA) is 122 Å². The van der Waals surface area contributed by atoms with Crippen LogP contribution >= 0.6 is 0 Å². The van der Waals surface area contributed by atoms with Crippen LogP contribution < -0.4 is 10.6 Å². The van der Waals surface area contributed by atoms with Crippen LogP contribution in [0.15, 0.2) is 41.5 Å². The number of carbonyl (C=O) groups is 4. The lowest BCUT2D eigenvalue weighted by atomic mass is 9.33. The molecule has 5 aliphatic carbocycles. The summed E-state index contributed by atoms with van der Waals surface area (Å²) in [7, 11) is 0. The highest BCUT2D eigenvalue weighted by molar-refractivity contribution is 6.02. The first-order chi connectivity index (χ1) is 24.1. The summed E-state index contributed by atoms with van der Waals surface area (Å²) in [5.41, 5.74) is 1.16. The minimum atomic E-state index is -1.17. The van der Waals surface area contributed by atoms with Crippen LogP contribution in [-0.2, 0) is 19.1 Å². The number of nitrogens with one attached hydrogen (secondary N) is 2. The van der Waals surface area contributed by atoms with Crippen molar-refractivity contribution in [3.63, 3.8) is 0 Å². The number of allylic oxidation sites excluding steroid dienone is 1. The number of urea groups is 1. The predicted molar refractivity (Wildman–Crippen MR) is 202 cm³/mol. The van der Waals surface area contributed by atoms with Crippen molar-refractivity contribution in [1.29, 1.82) is 0 Å². The summed E-state index contributed by atoms with van der Waals surface area (Å²) >= 11 is 0. The number of amides is 2. The van der Waals surface area contributed by atoms with Crippen molar-refractivity contribution in [2.45, 2.75) is 151 Å². The second-order valence-electron chi connectivity index (χ2n) is 19.7. The van der Waals surface area contributed by atoms with Gasteiger partial charge in [-0.2, -0.15) is 0 Å². The van der Waals surface area contributed by atoms with Gasteiger partial charge in [-0.1, -0.05) is 78.8 Å². The Balaban J connectivity index is 1.27. The highest BCUT2D eigenvalue weighted by atomic mass is 16.5. The number of hydrogen-bond donors (Lipinski definition) is 3. The molecule has 0 unspecified atom stereocenters. The first kappa shape index (κ1) is 38.6. The molecule has 0 heterocycles. The third kappa shape index (κ3) is 5.93. The maximum absolute atomic E-state index is 14.0. The molecule has 9 atom stereocenters. The summed E-state index contributed by atoms with van der Waals surface area (Å²) in [5.74, 6) is -0.112. The van der Waals surface area contributed by atoms with E-state index >= 15 is 0 Å². The number of ketones is 1. The van der Waals surface area contributed by atoms with Gasteiger partial charge in [0, 0.05) is 11.8 Å². The first-order valence-corrected chi connectivity index (χ1v) is 20.0. The number of carbonyl (C=O) groups excluding carboxylic acids is 3. The predicted octanol–water partition coefficient (Wildman–Crippen LogP) is 9.19. The number of fused-ring (bicyclic) bond motifs is 7. The lowest BCUT2D eigenvalue weighted by Crippen LogP contribution is -2.67. The normalized spacial score (nSPS) is 37.2. The minimum absolute atomic E-state index is 0.0310. The van der Waals surface area contributed by atoms with Crippen LogP contribution in [0.2, 0.25) is 0 Å². The van der Waals surface area contributed by atoms with Gasteiger partial charge in [-0.25, -0.2) is 4.79 Å². The molecule has 4 fully saturated rings. The average molecular weight is 717 g/mol. The van der Waals surface area contributed by atoms with Crippen molar-refractivity contribution in [2.75, 3.05) is 0 Å². The van der Waals surface area contributed by atoms with Crippen molar-refractivity contribution >= 4 is 23.8 Å². The smallest absolute Gasteiger partial charge is 0.315 e. The number of hydrogen-bond acceptors (Lipinski definition) is 5. The van der Waals surface area contributed by atoms with Crippen LogP contribution in [0, 0.1) is 50.7 Å². The number of aliphatic carboxylic acids is 1. The van der Waals surface area contributed by atoms with E-state index < -0.39 is 22.9 Å². The largest absolute Gasteiger partial charge is 0.481 e. The van der Waals surface area contributed by atoms with E-state index in [1.807, 2.05) is 37.3 Å². The first-order valence-electron chi connectivity index (χ1n) is 20.0. The van der Waals surface area contributed by atoms with Crippen molar-refractivity contribution in [3.05, 3.63) is 47.0 Å². The molecule has 52 heavy (non-hydrogen) atoms. The Kier molecular flexibility index (Phi) is 9.64. The van der Waals surface area contributed by atoms with Gasteiger partial charge >= 0.3 is 18.0 Å². The molecule has 6 rings (SSSR count). The maximum atomic E-state index is 14.0. The van der Waals surface area contributed by atoms with Gasteiger partial charge in [0.05, 0.1) is 23.4 Å². The monoisotopic (exact) mass is 716 g/mol. The van der Waals surface area contributed by atoms with Crippen LogP contribution in [0.1, 0.15) is 145 Å². The van der Waals surface area contributed by atoms with E-state index in [1.54, 1.807) is 13.8 Å². The third-order valence-electron chi connectivity index (χ3n) is 15.8. The molecule has 286 valence electrons. The van der Waals surface area contributed by atoms with Gasteiger partial charge in [0.2, 0.25) is 0 Å². The Morgan fingerprint density at radius 3 is 2.19 bits per heavy atom. The molecule has 4 saturated carbocycles. The number of rotatable bonds is 8. The number of carboxylic acid groups (broad SMARTS) is 1. The number of benzene rings is 1. The molecule has 8 nitrogen and oxygen atoms in total. The van der Waals surface area contributed by atoms with Gasteiger partial charge in [0.25, 0.3) is 0 Å². The summed E-state index contributed by atoms with van der Waals surface area (Å²) in [4.78, 5) is 52.6. The molecule has 0 aromatic heterocycles. The number of carboxylic acids is 1. The number of ether oxygens (including phenoxy) is 1. The van der Waals surface area contributed by atoms with E-state index in [-0.39, 0.29) is 63.9 Å². The zero-order valence-electron chi connectivity index (χ0n) is 33.4. The van der Waals surface area contributed by atoms with Gasteiger partial charge in [-0.3, -0.25) is 14.4 Å². The Morgan fingerprint density at radius 1 is 0.885 bits per heavy atom. The second-order valence-corrected chi connectivity index (χ2v) is 19.7. The van der Waals surface area contributed by atoms with Crippen LogP contribution in [0.25, 0.3) is 0 Å². The molecule has 1 aromatic rings. The Labute approximate surface area is 311 Å². The van der Waals surface area contributed by atoms with Gasteiger partial charge < -0.3 is 20.5 Å². The SMILES string of the molecule is CC(C)C1=C2[C@H]3CC[C@@H]4[C@@]5(C)CC[C@H](OC(=O)CC(C)(C)C(=O)O)C(C)(C)[C@@H]5CC[C@@]4(C)[C@]3(C)CC[C@@]2(NC(=O)N[C@@H](C)c2ccccc2)CC1=O. The summed E-state index contributed by atoms with van der Waals surface area (Å²) in [6.07, 6.45) is 7.54. The van der Waals surface area contributed by atoms with E-state index in [0.29, 0.717) is 18.3 Å². The standard InChI is InChI=1S/C44H64N2O6/c1-26(2)35-30(47)24-44(46-38(51)45-27(3)28-14-12-11-13-15-28)23-22-42(9)29(36(35)44)16-17-32-41(8)20-19-33(52-34(48)25-39(4,5)37(49)50)40(6,7)31(41)18-21-43(32,42)10/h11-15,26-27,29,31-33H,16-25H2,1-10H3,(H,49,50)(H2,45,46,51)/t27-,29+,31-,32+,33-,41-,42+,43+,44+/m0/s1. The van der Waals surface area contributed by atoms with E-state index in [9.17, 15) is 24.3 Å². The zero-order chi connectivity index (χ0) is 38.2. The molecule has 0 aliphatic heterocycles. The van der Waals surface area contributed by atoms with Crippen molar-refractivity contribution in [1.82, 2.24) is 10.6 Å². The summed E-state index contributed by atoms with van der Waals surface area (Å²) < 4.78 is 6.16. The fraction of sp³-hybridized carbons (Fsp3) is 0.727. The lowest BCUT2D eigenvalue weighted by molar-refractivity contribution is -0.232. The average Bonchev–Trinajstić information content (AvgIpc) is 3.34. The summed E-state index contributed by atoms with van der Waals surface area (Å²) in [6, 6.07) is 9.61. The Morgan fingerprint density at radius 2 is 1.56 bits per heavy atom. The number of esters is 1. The summed E-state index contributed by atoms with van der Waals surface area (Å²) in [5, 5.41) is 16.2. The fourth-order valence-electron chi connectivity index (χ4n) is 12.9. The van der Waals surface area contributed by atoms with Crippen LogP contribution in [0.5, 0.6) is 0 Å². The van der Waals surface area contributed by atoms with Crippen LogP contribution in [-0.4, -0.2) is 40.5 Å². The van der Waals surface area contributed by atoms with E-state index in [1.165, 1.54) is 5.57 Å². The Hall–Kier alpha value is -3.16. The highest BCUT2D eigenvalue weighted by Crippen LogP contribution is 2.76. The molecule has 5 aliphatic rings. The van der Waals surface area contributed by atoms with Crippen molar-refractivity contribution < 1.29 is 29.0 Å². The van der Waals surface area contributed by atoms with Crippen LogP contribution in [0.4, 0.5) is 4.79 Å². The molecule has 0 saturated heterocycles. The minimum Gasteiger partial charge on any atom is -0.481 e. The fourth-order valence-corrected chi connectivity index (χ4v) is 12.9. The summed E-state index contributed by atoms with van der Waals surface area (Å²) in [6.45, 7) is 21.5. The second kappa shape index (κ2) is 13.0. The molecular formula is C44H64N2O6. The molecule has 1 aromatic carbocycles. The molecule has 0 bridgehead atoms. The molecule has 3 N–H and O–H groups in total. The van der Waals surface area contributed by atoms with E-state index in [4.69, 9.17) is 4.74 Å². The van der Waals surface area contributed by atoms with Crippen molar-refractivity contribution in [2.24, 2.45) is 50.7 Å². The van der Waals surface area contributed by atoms with Gasteiger partial charge in [-0.15, -0.1) is 0 Å². The Bertz CT molecular complexity index is 1650. The lowest BCUT2D eigenvalue weighted by Gasteiger charge is -2.72. The quantitative estimate of drug-likeness (QED) is 0.231. The van der Waals surface area contributed by atoms with E-state index in [2.05, 4.69) is 59.1 Å². The van der Waals surface area contributed by atoms with E-state index in [0.717, 1.165) is 62.5 Å². The van der Waals surface area contributed by atoms with Gasteiger partial charge in [-0.05, 0) is 129 Å². The van der Waals surface area contributed by atoms with Gasteiger partial charge in [0.1, 0.15) is 6.10 Å². The third-order valence-corrected chi connectivity index (χ3v) is 15.8. The molecular weight excluding hydrogens is 652 g/mol. The van der Waals surface area contributed by atoms with Gasteiger partial charge in [0.15, 0.2) is 5.78 Å². The van der Waals surface area contributed by atoms with Crippen LogP contribution in [0.3, 0.4) is 0 Å². The molecule has 0 radical (unpaired) electrons. The highest BCUT2D eigenvalue weighted by Gasteiger charge is 2.70. The molecule has 2 amide bonds. The zero-order valence-corrected chi connectivity index (χ0v) is 33.4. The molecule has 8 heteroatoms. The number of Topliss-reactive ketones (excluding diaryl/α,β-unsaturated/α-hetero) is 1. The maximum Gasteiger partial charge on any atom is 0.315 e. The molecule has 0 spiro atoms.